The van der Waals surface area contributed by atoms with E-state index in [1.165, 1.54) is 18.2 Å². The predicted molar refractivity (Wildman–Crippen MR) is 72.1 cm³/mol. The van der Waals surface area contributed by atoms with Crippen molar-refractivity contribution in [1.29, 1.82) is 0 Å². The SMILES string of the molecule is Cc1cc(Oc2ccc(N)cc2C(F)(F)F)ccc1Cl. The number of halogens is 4. The first-order chi connectivity index (χ1) is 9.27. The van der Waals surface area contributed by atoms with Gasteiger partial charge in [0.15, 0.2) is 0 Å². The molecule has 0 amide bonds. The number of ether oxygens (including phenoxy) is 1. The Morgan fingerprint density at radius 3 is 2.40 bits per heavy atom. The Morgan fingerprint density at radius 2 is 1.80 bits per heavy atom. The van der Waals surface area contributed by atoms with Crippen molar-refractivity contribution in [1.82, 2.24) is 0 Å². The van der Waals surface area contributed by atoms with E-state index in [-0.39, 0.29) is 17.2 Å². The molecule has 2 rings (SSSR count). The van der Waals surface area contributed by atoms with Crippen molar-refractivity contribution in [3.8, 4) is 11.5 Å². The number of nitrogens with two attached hydrogens (primary N) is 1. The van der Waals surface area contributed by atoms with Gasteiger partial charge in [-0.25, -0.2) is 0 Å². The zero-order chi connectivity index (χ0) is 14.9. The third kappa shape index (κ3) is 3.17. The molecule has 2 N–H and O–H groups in total. The van der Waals surface area contributed by atoms with Crippen molar-refractivity contribution in [2.75, 3.05) is 5.73 Å². The van der Waals surface area contributed by atoms with Crippen molar-refractivity contribution in [2.45, 2.75) is 13.1 Å². The molecule has 6 heteroatoms. The van der Waals surface area contributed by atoms with E-state index in [4.69, 9.17) is 22.1 Å². The minimum absolute atomic E-state index is 0.0250. The molecule has 0 saturated carbocycles. The summed E-state index contributed by atoms with van der Waals surface area (Å²) in [5, 5.41) is 0.519. The summed E-state index contributed by atoms with van der Waals surface area (Å²) in [5.41, 5.74) is 5.22. The van der Waals surface area contributed by atoms with E-state index in [1.54, 1.807) is 19.1 Å². The van der Waals surface area contributed by atoms with Crippen LogP contribution in [0.1, 0.15) is 11.1 Å². The molecule has 106 valence electrons. The Labute approximate surface area is 118 Å². The second kappa shape index (κ2) is 5.25. The normalized spacial score (nSPS) is 11.4. The molecule has 2 aromatic carbocycles. The molecule has 0 heterocycles. The molecule has 0 aliphatic rings. The number of anilines is 1. The first kappa shape index (κ1) is 14.5. The summed E-state index contributed by atoms with van der Waals surface area (Å²) in [6.45, 7) is 1.74. The Hall–Kier alpha value is -1.88. The van der Waals surface area contributed by atoms with Gasteiger partial charge in [-0.1, -0.05) is 11.6 Å². The van der Waals surface area contributed by atoms with Gasteiger partial charge in [0.05, 0.1) is 0 Å². The molecule has 0 spiro atoms. The minimum atomic E-state index is -4.54. The Balaban J connectivity index is 2.40. The van der Waals surface area contributed by atoms with Crippen LogP contribution in [0.3, 0.4) is 0 Å². The van der Waals surface area contributed by atoms with Crippen LogP contribution in [-0.4, -0.2) is 0 Å². The highest BCUT2D eigenvalue weighted by atomic mass is 35.5. The topological polar surface area (TPSA) is 35.2 Å². The van der Waals surface area contributed by atoms with Crippen molar-refractivity contribution in [2.24, 2.45) is 0 Å². The Bertz CT molecular complexity index is 641. The molecule has 2 nitrogen and oxygen atoms in total. The average molecular weight is 302 g/mol. The lowest BCUT2D eigenvalue weighted by Crippen LogP contribution is -2.08. The third-order valence-electron chi connectivity index (χ3n) is 2.67. The second-order valence-corrected chi connectivity index (χ2v) is 4.67. The van der Waals surface area contributed by atoms with E-state index in [2.05, 4.69) is 0 Å². The summed E-state index contributed by atoms with van der Waals surface area (Å²) in [5.74, 6) is -0.0180. The largest absolute Gasteiger partial charge is 0.457 e. The van der Waals surface area contributed by atoms with Gasteiger partial charge < -0.3 is 10.5 Å². The lowest BCUT2D eigenvalue weighted by molar-refractivity contribution is -0.138. The summed E-state index contributed by atoms with van der Waals surface area (Å²) >= 11 is 5.86. The van der Waals surface area contributed by atoms with E-state index in [0.717, 1.165) is 6.07 Å². The van der Waals surface area contributed by atoms with Gasteiger partial charge in [0, 0.05) is 10.7 Å². The molecule has 0 unspecified atom stereocenters. The van der Waals surface area contributed by atoms with E-state index < -0.39 is 11.7 Å². The fourth-order valence-electron chi connectivity index (χ4n) is 1.67. The van der Waals surface area contributed by atoms with Gasteiger partial charge in [-0.15, -0.1) is 0 Å². The lowest BCUT2D eigenvalue weighted by Gasteiger charge is -2.14. The molecule has 0 saturated heterocycles. The van der Waals surface area contributed by atoms with Crippen molar-refractivity contribution >= 4 is 17.3 Å². The predicted octanol–water partition coefficient (Wildman–Crippen LogP) is 5.04. The van der Waals surface area contributed by atoms with Crippen LogP contribution in [0.2, 0.25) is 5.02 Å². The summed E-state index contributed by atoms with van der Waals surface area (Å²) in [7, 11) is 0. The molecule has 20 heavy (non-hydrogen) atoms. The number of alkyl halides is 3. The van der Waals surface area contributed by atoms with Crippen LogP contribution < -0.4 is 10.5 Å². The van der Waals surface area contributed by atoms with Gasteiger partial charge in [0.25, 0.3) is 0 Å². The third-order valence-corrected chi connectivity index (χ3v) is 3.09. The Morgan fingerprint density at radius 1 is 1.10 bits per heavy atom. The summed E-state index contributed by atoms with van der Waals surface area (Å²) in [6, 6.07) is 8.04. The molecule has 0 aliphatic carbocycles. The standard InChI is InChI=1S/C14H11ClF3NO/c1-8-6-10(3-4-12(8)15)20-13-5-2-9(19)7-11(13)14(16,17)18/h2-7H,19H2,1H3. The number of aryl methyl sites for hydroxylation is 1. The fourth-order valence-corrected chi connectivity index (χ4v) is 1.78. The number of hydrogen-bond acceptors (Lipinski definition) is 2. The zero-order valence-electron chi connectivity index (χ0n) is 10.5. The molecular formula is C14H11ClF3NO. The molecule has 0 fully saturated rings. The fraction of sp³-hybridized carbons (Fsp3) is 0.143. The van der Waals surface area contributed by atoms with Gasteiger partial charge >= 0.3 is 6.18 Å². The minimum Gasteiger partial charge on any atom is -0.457 e. The van der Waals surface area contributed by atoms with Gasteiger partial charge in [-0.2, -0.15) is 13.2 Å². The van der Waals surface area contributed by atoms with Crippen LogP contribution in [0, 0.1) is 6.92 Å². The van der Waals surface area contributed by atoms with Crippen LogP contribution in [0.15, 0.2) is 36.4 Å². The Kier molecular flexibility index (Phi) is 3.81. The molecular weight excluding hydrogens is 291 g/mol. The summed E-state index contributed by atoms with van der Waals surface area (Å²) < 4.78 is 44.0. The first-order valence-corrected chi connectivity index (χ1v) is 6.06. The molecule has 0 aromatic heterocycles. The molecule has 0 atom stereocenters. The van der Waals surface area contributed by atoms with Crippen LogP contribution in [0.25, 0.3) is 0 Å². The smallest absolute Gasteiger partial charge is 0.420 e. The monoisotopic (exact) mass is 301 g/mol. The van der Waals surface area contributed by atoms with E-state index in [0.29, 0.717) is 10.6 Å². The van der Waals surface area contributed by atoms with Gasteiger partial charge in [-0.05, 0) is 48.9 Å². The van der Waals surface area contributed by atoms with Crippen LogP contribution in [0.5, 0.6) is 11.5 Å². The van der Waals surface area contributed by atoms with Crippen molar-refractivity contribution in [3.63, 3.8) is 0 Å². The molecule has 2 aromatic rings. The van der Waals surface area contributed by atoms with Gasteiger partial charge in [-0.3, -0.25) is 0 Å². The summed E-state index contributed by atoms with van der Waals surface area (Å²) in [6.07, 6.45) is -4.54. The highest BCUT2D eigenvalue weighted by Gasteiger charge is 2.34. The van der Waals surface area contributed by atoms with Crippen molar-refractivity contribution in [3.05, 3.63) is 52.5 Å². The highest BCUT2D eigenvalue weighted by molar-refractivity contribution is 6.31. The first-order valence-electron chi connectivity index (χ1n) is 5.68. The second-order valence-electron chi connectivity index (χ2n) is 4.27. The van der Waals surface area contributed by atoms with E-state index >= 15 is 0 Å². The maximum atomic E-state index is 12.9. The van der Waals surface area contributed by atoms with Crippen LogP contribution in [0.4, 0.5) is 18.9 Å². The number of nitrogen functional groups attached to an aromatic ring is 1. The highest BCUT2D eigenvalue weighted by Crippen LogP contribution is 2.39. The summed E-state index contributed by atoms with van der Waals surface area (Å²) in [4.78, 5) is 0. The quantitative estimate of drug-likeness (QED) is 0.789. The lowest BCUT2D eigenvalue weighted by atomic mass is 10.1. The number of rotatable bonds is 2. The maximum Gasteiger partial charge on any atom is 0.420 e. The van der Waals surface area contributed by atoms with Gasteiger partial charge in [0.1, 0.15) is 17.1 Å². The molecule has 0 bridgehead atoms. The molecule has 0 radical (unpaired) electrons. The number of hydrogen-bond donors (Lipinski definition) is 1. The zero-order valence-corrected chi connectivity index (χ0v) is 11.2. The van der Waals surface area contributed by atoms with Crippen LogP contribution in [-0.2, 0) is 6.18 Å². The molecule has 0 aliphatic heterocycles. The van der Waals surface area contributed by atoms with Crippen LogP contribution >= 0.6 is 11.6 Å². The number of benzene rings is 2. The van der Waals surface area contributed by atoms with Crippen molar-refractivity contribution < 1.29 is 17.9 Å². The van der Waals surface area contributed by atoms with E-state index in [9.17, 15) is 13.2 Å². The van der Waals surface area contributed by atoms with E-state index in [1.807, 2.05) is 0 Å². The van der Waals surface area contributed by atoms with Gasteiger partial charge in [0.2, 0.25) is 0 Å². The maximum absolute atomic E-state index is 12.9. The average Bonchev–Trinajstić information content (AvgIpc) is 2.35.